The molecule has 0 radical (unpaired) electrons. The SMILES string of the molecule is COc1nc(-c2cccc(-c3cccc(NC(=O)c4cn(C)c(=O)n(C)c4=O)c3C)c2Cl)cc2c1C(N(CC1CCC(=O)N1)C(=O)OCc1oc(=O)oc1C)CC2. The quantitative estimate of drug-likeness (QED) is 0.197. The van der Waals surface area contributed by atoms with Gasteiger partial charge in [-0.1, -0.05) is 41.9 Å². The second kappa shape index (κ2) is 15.6. The van der Waals surface area contributed by atoms with Gasteiger partial charge in [0.15, 0.2) is 18.1 Å². The van der Waals surface area contributed by atoms with Crippen molar-refractivity contribution in [1.82, 2.24) is 24.3 Å². The van der Waals surface area contributed by atoms with Gasteiger partial charge in [-0.3, -0.25) is 23.9 Å². The van der Waals surface area contributed by atoms with Gasteiger partial charge < -0.3 is 33.5 Å². The first-order valence-electron chi connectivity index (χ1n) is 18.1. The van der Waals surface area contributed by atoms with Crippen LogP contribution in [0, 0.1) is 13.8 Å². The van der Waals surface area contributed by atoms with Crippen molar-refractivity contribution >= 4 is 35.2 Å². The van der Waals surface area contributed by atoms with Crippen LogP contribution in [-0.2, 0) is 36.7 Å². The number of carbonyl (C=O) groups is 3. The summed E-state index contributed by atoms with van der Waals surface area (Å²) < 4.78 is 23.4. The Bertz CT molecular complexity index is 2620. The van der Waals surface area contributed by atoms with E-state index in [1.54, 1.807) is 17.0 Å². The Balaban J connectivity index is 1.19. The zero-order valence-electron chi connectivity index (χ0n) is 31.8. The second-order valence-electron chi connectivity index (χ2n) is 14.0. The first-order chi connectivity index (χ1) is 27.2. The second-order valence-corrected chi connectivity index (χ2v) is 14.4. The summed E-state index contributed by atoms with van der Waals surface area (Å²) in [6, 6.07) is 12.0. The molecule has 2 aromatic carbocycles. The molecule has 3 amide bonds. The molecule has 2 aliphatic rings. The van der Waals surface area contributed by atoms with Crippen molar-refractivity contribution in [2.75, 3.05) is 19.0 Å². The number of nitrogens with zero attached hydrogens (tertiary/aromatic N) is 4. The van der Waals surface area contributed by atoms with Crippen molar-refractivity contribution in [2.45, 2.75) is 58.2 Å². The minimum Gasteiger partial charge on any atom is -0.481 e. The van der Waals surface area contributed by atoms with E-state index < -0.39 is 35.1 Å². The summed E-state index contributed by atoms with van der Waals surface area (Å²) in [5.74, 6) is -1.07. The highest BCUT2D eigenvalue weighted by Crippen LogP contribution is 2.45. The number of amides is 3. The largest absolute Gasteiger partial charge is 0.519 e. The fraction of sp³-hybridized carbons (Fsp3) is 0.325. The average Bonchev–Trinajstić information content (AvgIpc) is 3.90. The van der Waals surface area contributed by atoms with Crippen molar-refractivity contribution in [3.8, 4) is 28.3 Å². The lowest BCUT2D eigenvalue weighted by Gasteiger charge is -2.31. The number of anilines is 1. The zero-order valence-corrected chi connectivity index (χ0v) is 32.5. The Hall–Kier alpha value is -6.42. The molecule has 2 N–H and O–H groups in total. The summed E-state index contributed by atoms with van der Waals surface area (Å²) >= 11 is 7.16. The van der Waals surface area contributed by atoms with Gasteiger partial charge >= 0.3 is 17.6 Å². The van der Waals surface area contributed by atoms with E-state index in [0.29, 0.717) is 70.2 Å². The lowest BCUT2D eigenvalue weighted by Crippen LogP contribution is -2.43. The molecule has 0 saturated carbocycles. The van der Waals surface area contributed by atoms with Crippen molar-refractivity contribution < 1.29 is 32.7 Å². The first-order valence-corrected chi connectivity index (χ1v) is 18.5. The number of nitrogens with one attached hydrogen (secondary N) is 2. The average molecular weight is 799 g/mol. The van der Waals surface area contributed by atoms with Gasteiger partial charge in [-0.25, -0.2) is 19.4 Å². The fourth-order valence-corrected chi connectivity index (χ4v) is 7.76. The molecule has 4 heterocycles. The number of fused-ring (bicyclic) bond motifs is 1. The monoisotopic (exact) mass is 798 g/mol. The third kappa shape index (κ3) is 7.47. The number of pyridine rings is 1. The minimum atomic E-state index is -0.896. The van der Waals surface area contributed by atoms with Gasteiger partial charge in [-0.05, 0) is 61.9 Å². The Morgan fingerprint density at radius 1 is 1.02 bits per heavy atom. The molecule has 57 heavy (non-hydrogen) atoms. The molecule has 7 rings (SSSR count). The summed E-state index contributed by atoms with van der Waals surface area (Å²) in [6.07, 6.45) is 2.51. The summed E-state index contributed by atoms with van der Waals surface area (Å²) in [4.78, 5) is 82.0. The Morgan fingerprint density at radius 2 is 1.75 bits per heavy atom. The molecular formula is C40H39ClN6O10. The Labute approximate surface area is 330 Å². The summed E-state index contributed by atoms with van der Waals surface area (Å²) in [5.41, 5.74) is 3.81. The van der Waals surface area contributed by atoms with Gasteiger partial charge in [0.05, 0.1) is 23.9 Å². The van der Waals surface area contributed by atoms with E-state index in [1.165, 1.54) is 38.9 Å². The van der Waals surface area contributed by atoms with E-state index >= 15 is 0 Å². The highest BCUT2D eigenvalue weighted by atomic mass is 35.5. The van der Waals surface area contributed by atoms with Crippen molar-refractivity contribution in [3.05, 3.63) is 119 Å². The van der Waals surface area contributed by atoms with Crippen LogP contribution in [0.3, 0.4) is 0 Å². The number of rotatable bonds is 10. The number of hydrogen-bond acceptors (Lipinski definition) is 11. The van der Waals surface area contributed by atoms with Crippen molar-refractivity contribution in [2.24, 2.45) is 14.1 Å². The maximum Gasteiger partial charge on any atom is 0.519 e. The number of aromatic nitrogens is 3. The van der Waals surface area contributed by atoms with Crippen LogP contribution in [-0.4, -0.2) is 56.6 Å². The maximum absolute atomic E-state index is 13.8. The highest BCUT2D eigenvalue weighted by Gasteiger charge is 2.38. The molecule has 296 valence electrons. The molecule has 2 atom stereocenters. The van der Waals surface area contributed by atoms with E-state index in [4.69, 9.17) is 34.9 Å². The predicted octanol–water partition coefficient (Wildman–Crippen LogP) is 4.80. The molecule has 2 unspecified atom stereocenters. The number of ether oxygens (including phenoxy) is 2. The number of hydrogen-bond donors (Lipinski definition) is 2. The van der Waals surface area contributed by atoms with Gasteiger partial charge in [0.1, 0.15) is 5.56 Å². The molecule has 1 aliphatic carbocycles. The molecule has 1 fully saturated rings. The van der Waals surface area contributed by atoms with Crippen LogP contribution in [0.15, 0.2) is 71.9 Å². The number of halogens is 1. The summed E-state index contributed by atoms with van der Waals surface area (Å²) in [5, 5.41) is 6.12. The van der Waals surface area contributed by atoms with E-state index in [-0.39, 0.29) is 42.2 Å². The predicted molar refractivity (Wildman–Crippen MR) is 207 cm³/mol. The Kier molecular flexibility index (Phi) is 10.6. The molecule has 5 aromatic rings. The number of aryl methyl sites for hydroxylation is 3. The molecular weight excluding hydrogens is 760 g/mol. The number of methoxy groups -OCH3 is 1. The van der Waals surface area contributed by atoms with Gasteiger partial charge in [0, 0.05) is 61.7 Å². The first kappa shape index (κ1) is 38.8. The summed E-state index contributed by atoms with van der Waals surface area (Å²) in [7, 11) is 4.27. The molecule has 1 saturated heterocycles. The molecule has 3 aromatic heterocycles. The normalized spacial score (nSPS) is 15.9. The number of benzene rings is 2. The topological polar surface area (TPSA) is 197 Å². The van der Waals surface area contributed by atoms with E-state index in [2.05, 4.69) is 10.6 Å². The molecule has 0 spiro atoms. The number of carbonyl (C=O) groups excluding carboxylic acids is 3. The van der Waals surface area contributed by atoms with Crippen LogP contribution in [0.25, 0.3) is 22.4 Å². The van der Waals surface area contributed by atoms with Crippen LogP contribution in [0.5, 0.6) is 5.88 Å². The van der Waals surface area contributed by atoms with Gasteiger partial charge in [0.2, 0.25) is 11.8 Å². The summed E-state index contributed by atoms with van der Waals surface area (Å²) in [6.45, 7) is 3.20. The fourth-order valence-electron chi connectivity index (χ4n) is 7.44. The smallest absolute Gasteiger partial charge is 0.481 e. The van der Waals surface area contributed by atoms with E-state index in [0.717, 1.165) is 15.7 Å². The highest BCUT2D eigenvalue weighted by molar-refractivity contribution is 6.36. The maximum atomic E-state index is 13.8. The minimum absolute atomic E-state index is 0.0948. The van der Waals surface area contributed by atoms with Crippen LogP contribution in [0.1, 0.15) is 63.9 Å². The third-order valence-electron chi connectivity index (χ3n) is 10.4. The van der Waals surface area contributed by atoms with Gasteiger partial charge in [0.25, 0.3) is 11.5 Å². The molecule has 0 bridgehead atoms. The standard InChI is InChI=1S/C40H39ClN6O10/c1-20-24(8-7-11-28(20)43-35(49)27-18-45(3)38(51)46(4)37(27)50)25-9-6-10-26(34(25)41)29-16-22-12-14-30(33(22)36(44-29)54-5)47(17-23-13-15-32(48)42-23)39(52)55-19-31-21(2)56-40(53)57-31/h6-11,16,18,23,30H,12-15,17,19H2,1-5H3,(H,42,48)(H,43,49). The van der Waals surface area contributed by atoms with Crippen molar-refractivity contribution in [1.29, 1.82) is 0 Å². The van der Waals surface area contributed by atoms with Crippen LogP contribution < -0.4 is 32.4 Å². The lowest BCUT2D eigenvalue weighted by molar-refractivity contribution is -0.119. The van der Waals surface area contributed by atoms with Crippen LogP contribution in [0.4, 0.5) is 10.5 Å². The Morgan fingerprint density at radius 3 is 2.46 bits per heavy atom. The van der Waals surface area contributed by atoms with Crippen molar-refractivity contribution in [3.63, 3.8) is 0 Å². The molecule has 17 heteroatoms. The molecule has 16 nitrogen and oxygen atoms in total. The van der Waals surface area contributed by atoms with E-state index in [9.17, 15) is 28.8 Å². The molecule has 1 aliphatic heterocycles. The van der Waals surface area contributed by atoms with Gasteiger partial charge in [-0.2, -0.15) is 0 Å². The van der Waals surface area contributed by atoms with Crippen LogP contribution in [0.2, 0.25) is 5.02 Å². The lowest BCUT2D eigenvalue weighted by atomic mass is 9.96. The third-order valence-corrected chi connectivity index (χ3v) is 10.8. The zero-order chi connectivity index (χ0) is 40.7. The van der Waals surface area contributed by atoms with Crippen LogP contribution >= 0.6 is 11.6 Å². The van der Waals surface area contributed by atoms with E-state index in [1.807, 2.05) is 37.3 Å². The van der Waals surface area contributed by atoms with Gasteiger partial charge in [-0.15, -0.1) is 0 Å².